The van der Waals surface area contributed by atoms with Gasteiger partial charge in [-0.15, -0.1) is 0 Å². The summed E-state index contributed by atoms with van der Waals surface area (Å²) in [5.74, 6) is -1.79. The van der Waals surface area contributed by atoms with Crippen LogP contribution >= 0.6 is 7.80 Å². The number of hydrogen-bond acceptors (Lipinski definition) is 8. The summed E-state index contributed by atoms with van der Waals surface area (Å²) in [5, 5.41) is 0. The zero-order valence-electron chi connectivity index (χ0n) is 30.0. The van der Waals surface area contributed by atoms with E-state index in [0.717, 1.165) is 109 Å². The quantitative estimate of drug-likeness (QED) is 0.0287. The number of carbonyl (C=O) groups is 1. The molecular weight excluding hydrogens is 591 g/mol. The molecule has 0 heterocycles. The van der Waals surface area contributed by atoms with Gasteiger partial charge in [-0.2, -0.15) is 0 Å². The maximum absolute atomic E-state index is 14.5. The van der Waals surface area contributed by atoms with Crippen LogP contribution in [0, 0.1) is 0 Å². The van der Waals surface area contributed by atoms with Gasteiger partial charge in [0.25, 0.3) is 0 Å². The number of carbonyl (C=O) groups excluding carboxylic acids is 1. The molecule has 0 aromatic carbocycles. The number of ether oxygens (including phenoxy) is 6. The minimum Gasteiger partial charge on any atom is -0.361 e. The smallest absolute Gasteiger partial charge is 0.361 e. The number of hydrogen-bond donors (Lipinski definition) is 0. The molecular formula is C36H70O8P+. The monoisotopic (exact) mass is 661 g/mol. The van der Waals surface area contributed by atoms with Gasteiger partial charge >= 0.3 is 24.8 Å². The number of unbranched alkanes of at least 4 members (excludes halogenated alkanes) is 12. The Morgan fingerprint density at radius 1 is 0.556 bits per heavy atom. The Morgan fingerprint density at radius 3 is 1.18 bits per heavy atom. The second-order valence-corrected chi connectivity index (χ2v) is 13.5. The van der Waals surface area contributed by atoms with Gasteiger partial charge in [0.2, 0.25) is 6.10 Å². The lowest BCUT2D eigenvalue weighted by Gasteiger charge is -2.43. The maximum atomic E-state index is 14.5. The minimum atomic E-state index is -2.84. The second kappa shape index (κ2) is 29.4. The van der Waals surface area contributed by atoms with E-state index in [1.54, 1.807) is 0 Å². The Balaban J connectivity index is 7.29. The highest BCUT2D eigenvalue weighted by Crippen LogP contribution is 2.51. The molecule has 0 saturated heterocycles. The van der Waals surface area contributed by atoms with Crippen molar-refractivity contribution in [1.82, 2.24) is 0 Å². The summed E-state index contributed by atoms with van der Waals surface area (Å²) in [6.07, 6.45) is 16.1. The van der Waals surface area contributed by atoms with Crippen LogP contribution in [0.1, 0.15) is 157 Å². The molecule has 0 aliphatic carbocycles. The summed E-state index contributed by atoms with van der Waals surface area (Å²) >= 11 is 0. The molecule has 0 aromatic heterocycles. The average molecular weight is 662 g/mol. The molecule has 0 bridgehead atoms. The highest BCUT2D eigenvalue weighted by atomic mass is 31.1. The molecule has 0 fully saturated rings. The van der Waals surface area contributed by atoms with E-state index < -0.39 is 30.9 Å². The first kappa shape index (κ1) is 44.3. The molecule has 0 radical (unpaired) electrons. The summed E-state index contributed by atoms with van der Waals surface area (Å²) in [6.45, 7) is 18.2. The standard InChI is InChI=1S/C36H70O8P/c1-8-15-21-27-39-34(35(40-28-22-16-9-2,41-29-23-17-10-3)42-30-24-18-11-4)36(43-31-25-19-12-5,44-32-26-20-13-6)45(38)33(37)14-7/h14,34H,7-13,15-32H2,1-6H3/q+1. The molecule has 0 aliphatic rings. The Kier molecular flexibility index (Phi) is 28.9. The van der Waals surface area contributed by atoms with Crippen LogP contribution in [-0.2, 0) is 37.8 Å². The van der Waals surface area contributed by atoms with Crippen LogP contribution in [0.4, 0.5) is 0 Å². The van der Waals surface area contributed by atoms with Crippen LogP contribution < -0.4 is 0 Å². The van der Waals surface area contributed by atoms with Gasteiger partial charge in [0.1, 0.15) is 0 Å². The molecule has 0 amide bonds. The zero-order valence-corrected chi connectivity index (χ0v) is 30.9. The van der Waals surface area contributed by atoms with E-state index in [1.165, 1.54) is 0 Å². The summed E-state index contributed by atoms with van der Waals surface area (Å²) in [7, 11) is -2.84. The van der Waals surface area contributed by atoms with Crippen molar-refractivity contribution in [3.05, 3.63) is 12.7 Å². The molecule has 0 rings (SSSR count). The fraction of sp³-hybridized carbons (Fsp3) is 0.917. The molecule has 0 aliphatic heterocycles. The van der Waals surface area contributed by atoms with Gasteiger partial charge in [-0.3, -0.25) is 0 Å². The van der Waals surface area contributed by atoms with Crippen molar-refractivity contribution in [3.8, 4) is 0 Å². The van der Waals surface area contributed by atoms with E-state index in [9.17, 15) is 9.36 Å². The van der Waals surface area contributed by atoms with Gasteiger partial charge in [-0.1, -0.05) is 130 Å². The summed E-state index contributed by atoms with van der Waals surface area (Å²) < 4.78 is 54.2. The normalized spacial score (nSPS) is 13.2. The van der Waals surface area contributed by atoms with Crippen molar-refractivity contribution >= 4 is 13.3 Å². The van der Waals surface area contributed by atoms with Gasteiger partial charge < -0.3 is 28.4 Å². The topological polar surface area (TPSA) is 89.5 Å². The zero-order chi connectivity index (χ0) is 33.7. The fourth-order valence-electron chi connectivity index (χ4n) is 4.83. The van der Waals surface area contributed by atoms with Crippen molar-refractivity contribution in [2.24, 2.45) is 0 Å². The highest BCUT2D eigenvalue weighted by molar-refractivity contribution is 7.65. The van der Waals surface area contributed by atoms with Crippen LogP contribution in [0.3, 0.4) is 0 Å². The van der Waals surface area contributed by atoms with E-state index in [-0.39, 0.29) is 13.2 Å². The summed E-state index contributed by atoms with van der Waals surface area (Å²) in [5.41, 5.74) is -2.65. The molecule has 0 saturated carbocycles. The van der Waals surface area contributed by atoms with Crippen LogP contribution in [0.2, 0.25) is 0 Å². The lowest BCUT2D eigenvalue weighted by molar-refractivity contribution is -0.447. The van der Waals surface area contributed by atoms with Crippen molar-refractivity contribution in [2.75, 3.05) is 39.6 Å². The second-order valence-electron chi connectivity index (χ2n) is 11.8. The molecule has 2 atom stereocenters. The van der Waals surface area contributed by atoms with E-state index in [0.29, 0.717) is 39.3 Å². The maximum Gasteiger partial charge on any atom is 0.488 e. The van der Waals surface area contributed by atoms with Crippen molar-refractivity contribution in [3.63, 3.8) is 0 Å². The fourth-order valence-corrected chi connectivity index (χ4v) is 6.17. The number of rotatable bonds is 35. The summed E-state index contributed by atoms with van der Waals surface area (Å²) in [4.78, 5) is 13.3. The van der Waals surface area contributed by atoms with E-state index in [4.69, 9.17) is 28.4 Å². The van der Waals surface area contributed by atoms with E-state index in [1.807, 2.05) is 0 Å². The Hall–Kier alpha value is -0.730. The predicted octanol–water partition coefficient (Wildman–Crippen LogP) is 10.4. The van der Waals surface area contributed by atoms with Gasteiger partial charge in [0, 0.05) is 12.7 Å². The van der Waals surface area contributed by atoms with Gasteiger partial charge in [-0.25, -0.2) is 4.79 Å². The largest absolute Gasteiger partial charge is 0.488 e. The Morgan fingerprint density at radius 2 is 0.867 bits per heavy atom. The predicted molar refractivity (Wildman–Crippen MR) is 185 cm³/mol. The molecule has 0 spiro atoms. The third kappa shape index (κ3) is 17.8. The molecule has 0 aromatic rings. The van der Waals surface area contributed by atoms with Gasteiger partial charge in [0.15, 0.2) is 0 Å². The molecule has 9 heteroatoms. The van der Waals surface area contributed by atoms with Crippen LogP contribution in [0.15, 0.2) is 12.7 Å². The average Bonchev–Trinajstić information content (AvgIpc) is 3.05. The SMILES string of the molecule is C=CC(=O)[P+](=O)C(OCCCCC)(OCCCCC)C(OCCCCC)C(OCCCCC)(OCCCCC)OCCCCC. The van der Waals surface area contributed by atoms with Crippen LogP contribution in [-0.4, -0.2) is 62.8 Å². The summed E-state index contributed by atoms with van der Waals surface area (Å²) in [6, 6.07) is 0. The highest BCUT2D eigenvalue weighted by Gasteiger charge is 2.71. The lowest BCUT2D eigenvalue weighted by Crippen LogP contribution is -2.63. The number of allylic oxidation sites excluding steroid dienone is 1. The first-order valence-corrected chi connectivity index (χ1v) is 19.6. The molecule has 266 valence electrons. The third-order valence-corrected chi connectivity index (χ3v) is 9.25. The third-order valence-electron chi connectivity index (χ3n) is 7.61. The van der Waals surface area contributed by atoms with Crippen LogP contribution in [0.25, 0.3) is 0 Å². The Labute approximate surface area is 277 Å². The lowest BCUT2D eigenvalue weighted by atomic mass is 10.2. The van der Waals surface area contributed by atoms with Gasteiger partial charge in [0.05, 0.1) is 33.0 Å². The van der Waals surface area contributed by atoms with E-state index >= 15 is 0 Å². The molecule has 0 N–H and O–H groups in total. The van der Waals surface area contributed by atoms with Crippen molar-refractivity contribution in [1.29, 1.82) is 0 Å². The first-order valence-electron chi connectivity index (χ1n) is 18.3. The molecule has 45 heavy (non-hydrogen) atoms. The van der Waals surface area contributed by atoms with Crippen LogP contribution in [0.5, 0.6) is 0 Å². The molecule has 8 nitrogen and oxygen atoms in total. The first-order chi connectivity index (χ1) is 21.9. The minimum absolute atomic E-state index is 0.236. The van der Waals surface area contributed by atoms with E-state index in [2.05, 4.69) is 48.1 Å². The van der Waals surface area contributed by atoms with Gasteiger partial charge in [-0.05, 0) is 38.5 Å². The molecule has 2 unspecified atom stereocenters. The van der Waals surface area contributed by atoms with Crippen molar-refractivity contribution < 1.29 is 37.8 Å². The van der Waals surface area contributed by atoms with Crippen molar-refractivity contribution in [2.45, 2.75) is 175 Å². The Bertz CT molecular complexity index is 689.